The minimum atomic E-state index is -0.117. The van der Waals surface area contributed by atoms with Crippen LogP contribution in [0.5, 0.6) is 0 Å². The van der Waals surface area contributed by atoms with Gasteiger partial charge in [0.1, 0.15) is 5.69 Å². The van der Waals surface area contributed by atoms with Crippen LogP contribution >= 0.6 is 15.9 Å². The summed E-state index contributed by atoms with van der Waals surface area (Å²) in [6.07, 6.45) is 2.65. The number of halogens is 1. The number of ether oxygens (including phenoxy) is 1. The van der Waals surface area contributed by atoms with Crippen molar-refractivity contribution in [3.05, 3.63) is 53.1 Å². The highest BCUT2D eigenvalue weighted by molar-refractivity contribution is 9.10. The van der Waals surface area contributed by atoms with E-state index in [1.54, 1.807) is 13.2 Å². The van der Waals surface area contributed by atoms with Crippen LogP contribution in [0.4, 0.5) is 0 Å². The average molecular weight is 445 g/mol. The van der Waals surface area contributed by atoms with Crippen molar-refractivity contribution in [3.63, 3.8) is 0 Å². The number of amides is 1. The van der Waals surface area contributed by atoms with Gasteiger partial charge in [0.05, 0.1) is 29.5 Å². The lowest BCUT2D eigenvalue weighted by molar-refractivity contribution is 0.0941. The number of nitrogens with zero attached hydrogens (tertiary/aromatic N) is 3. The number of hydrogen-bond donors (Lipinski definition) is 1. The molecule has 0 unspecified atom stereocenters. The zero-order chi connectivity index (χ0) is 19.5. The molecule has 0 bridgehead atoms. The van der Waals surface area contributed by atoms with Crippen molar-refractivity contribution in [3.8, 4) is 0 Å². The highest BCUT2D eigenvalue weighted by Crippen LogP contribution is 2.27. The maximum atomic E-state index is 12.7. The van der Waals surface area contributed by atoms with Crippen molar-refractivity contribution >= 4 is 44.0 Å². The van der Waals surface area contributed by atoms with E-state index in [-0.39, 0.29) is 5.91 Å². The summed E-state index contributed by atoms with van der Waals surface area (Å²) in [6.45, 7) is 2.46. The van der Waals surface area contributed by atoms with Crippen molar-refractivity contribution < 1.29 is 13.9 Å². The van der Waals surface area contributed by atoms with E-state index in [0.717, 1.165) is 29.5 Å². The van der Waals surface area contributed by atoms with Gasteiger partial charge >= 0.3 is 0 Å². The Kier molecular flexibility index (Phi) is 5.50. The second kappa shape index (κ2) is 8.20. The predicted molar refractivity (Wildman–Crippen MR) is 110 cm³/mol. The number of carbonyl (C=O) groups excluding carboxylic acids is 1. The standard InChI is InChI=1S/C20H21BrN4O3/c1-27-10-9-25-16-12-19(21)28-18(16)11-17(25)20(26)22-7-4-8-24-13-23-14-5-2-3-6-15(14)24/h2-3,5-6,11-13H,4,7-10H2,1H3,(H,22,26). The van der Waals surface area contributed by atoms with Gasteiger partial charge in [0.2, 0.25) is 0 Å². The van der Waals surface area contributed by atoms with E-state index in [9.17, 15) is 4.79 Å². The maximum absolute atomic E-state index is 12.7. The van der Waals surface area contributed by atoms with Gasteiger partial charge in [0.15, 0.2) is 10.3 Å². The third-order valence-electron chi connectivity index (χ3n) is 4.70. The molecule has 1 N–H and O–H groups in total. The summed E-state index contributed by atoms with van der Waals surface area (Å²) in [5.41, 5.74) is 4.22. The van der Waals surface area contributed by atoms with Crippen LogP contribution in [-0.4, -0.2) is 40.3 Å². The number of aryl methyl sites for hydroxylation is 1. The minimum Gasteiger partial charge on any atom is -0.448 e. The van der Waals surface area contributed by atoms with Crippen LogP contribution in [0.3, 0.4) is 0 Å². The van der Waals surface area contributed by atoms with Crippen molar-refractivity contribution in [2.24, 2.45) is 0 Å². The van der Waals surface area contributed by atoms with Crippen molar-refractivity contribution in [1.29, 1.82) is 0 Å². The first-order valence-electron chi connectivity index (χ1n) is 9.13. The Balaban J connectivity index is 1.40. The zero-order valence-electron chi connectivity index (χ0n) is 15.5. The molecule has 0 saturated heterocycles. The fourth-order valence-corrected chi connectivity index (χ4v) is 3.74. The van der Waals surface area contributed by atoms with Crippen LogP contribution < -0.4 is 5.32 Å². The van der Waals surface area contributed by atoms with Gasteiger partial charge in [0, 0.05) is 38.9 Å². The summed E-state index contributed by atoms with van der Waals surface area (Å²) in [4.78, 5) is 17.1. The molecule has 3 heterocycles. The smallest absolute Gasteiger partial charge is 0.268 e. The molecule has 0 radical (unpaired) electrons. The van der Waals surface area contributed by atoms with Gasteiger partial charge in [0.25, 0.3) is 5.91 Å². The molecule has 8 heteroatoms. The molecule has 4 rings (SSSR count). The quantitative estimate of drug-likeness (QED) is 0.419. The first-order valence-corrected chi connectivity index (χ1v) is 9.92. The Morgan fingerprint density at radius 1 is 1.25 bits per heavy atom. The predicted octanol–water partition coefficient (Wildman–Crippen LogP) is 3.81. The van der Waals surface area contributed by atoms with Gasteiger partial charge in [-0.1, -0.05) is 12.1 Å². The summed E-state index contributed by atoms with van der Waals surface area (Å²) in [6, 6.07) is 11.7. The lowest BCUT2D eigenvalue weighted by atomic mass is 10.3. The molecule has 0 aliphatic carbocycles. The summed E-state index contributed by atoms with van der Waals surface area (Å²) in [7, 11) is 1.64. The number of imidazole rings is 1. The molecule has 0 fully saturated rings. The van der Waals surface area contributed by atoms with Gasteiger partial charge in [-0.05, 0) is 34.5 Å². The highest BCUT2D eigenvalue weighted by atomic mass is 79.9. The molecule has 28 heavy (non-hydrogen) atoms. The third kappa shape index (κ3) is 3.70. The molecule has 0 saturated carbocycles. The van der Waals surface area contributed by atoms with Gasteiger partial charge < -0.3 is 23.6 Å². The van der Waals surface area contributed by atoms with Gasteiger partial charge in [-0.25, -0.2) is 4.98 Å². The topological polar surface area (TPSA) is 74.2 Å². The first kappa shape index (κ1) is 18.8. The van der Waals surface area contributed by atoms with Crippen molar-refractivity contribution in [2.75, 3.05) is 20.3 Å². The number of benzene rings is 1. The van der Waals surface area contributed by atoms with Crippen LogP contribution in [0.15, 0.2) is 51.8 Å². The van der Waals surface area contributed by atoms with E-state index in [4.69, 9.17) is 9.15 Å². The number of hydrogen-bond acceptors (Lipinski definition) is 4. The zero-order valence-corrected chi connectivity index (χ0v) is 17.1. The molecule has 1 aromatic carbocycles. The summed E-state index contributed by atoms with van der Waals surface area (Å²) in [5.74, 6) is -0.117. The fraction of sp³-hybridized carbons (Fsp3) is 0.300. The molecule has 146 valence electrons. The summed E-state index contributed by atoms with van der Waals surface area (Å²) in [5, 5.41) is 3.00. The maximum Gasteiger partial charge on any atom is 0.268 e. The van der Waals surface area contributed by atoms with Gasteiger partial charge in [-0.2, -0.15) is 0 Å². The Hall–Kier alpha value is -2.58. The lowest BCUT2D eigenvalue weighted by Crippen LogP contribution is -2.28. The van der Waals surface area contributed by atoms with Crippen molar-refractivity contribution in [1.82, 2.24) is 19.4 Å². The molecule has 0 atom stereocenters. The largest absolute Gasteiger partial charge is 0.448 e. The number of fused-ring (bicyclic) bond motifs is 2. The molecule has 1 amide bonds. The third-order valence-corrected chi connectivity index (χ3v) is 5.09. The Morgan fingerprint density at radius 3 is 2.96 bits per heavy atom. The molecular formula is C20H21BrN4O3. The van der Waals surface area contributed by atoms with Crippen LogP contribution in [0.2, 0.25) is 0 Å². The van der Waals surface area contributed by atoms with Crippen LogP contribution in [0.1, 0.15) is 16.9 Å². The van der Waals surface area contributed by atoms with Gasteiger partial charge in [-0.3, -0.25) is 4.79 Å². The summed E-state index contributed by atoms with van der Waals surface area (Å²) >= 11 is 3.34. The number of nitrogens with one attached hydrogen (secondary N) is 1. The van der Waals surface area contributed by atoms with Crippen LogP contribution in [-0.2, 0) is 17.8 Å². The monoisotopic (exact) mass is 444 g/mol. The lowest BCUT2D eigenvalue weighted by Gasteiger charge is -2.10. The van der Waals surface area contributed by atoms with E-state index in [2.05, 4.69) is 36.9 Å². The molecule has 4 aromatic rings. The SMILES string of the molecule is COCCn1c(C(=O)NCCCn2cnc3ccccc32)cc2oc(Br)cc21. The molecule has 0 aliphatic rings. The Bertz CT molecular complexity index is 1110. The summed E-state index contributed by atoms with van der Waals surface area (Å²) < 4.78 is 15.4. The second-order valence-electron chi connectivity index (χ2n) is 6.51. The Labute approximate surface area is 170 Å². The number of rotatable bonds is 8. The number of methoxy groups -OCH3 is 1. The minimum absolute atomic E-state index is 0.117. The molecule has 0 aliphatic heterocycles. The first-order chi connectivity index (χ1) is 13.7. The van der Waals surface area contributed by atoms with E-state index < -0.39 is 0 Å². The molecule has 7 nitrogen and oxygen atoms in total. The van der Waals surface area contributed by atoms with Crippen LogP contribution in [0, 0.1) is 0 Å². The second-order valence-corrected chi connectivity index (χ2v) is 7.29. The number of furan rings is 1. The highest BCUT2D eigenvalue weighted by Gasteiger charge is 2.18. The fourth-order valence-electron chi connectivity index (χ4n) is 3.35. The average Bonchev–Trinajstić information content (AvgIpc) is 3.36. The Morgan fingerprint density at radius 2 is 2.11 bits per heavy atom. The molecule has 0 spiro atoms. The number of para-hydroxylation sites is 2. The normalized spacial score (nSPS) is 11.5. The van der Waals surface area contributed by atoms with E-state index in [1.807, 2.05) is 35.2 Å². The van der Waals surface area contributed by atoms with Gasteiger partial charge in [-0.15, -0.1) is 0 Å². The van der Waals surface area contributed by atoms with E-state index >= 15 is 0 Å². The number of aromatic nitrogens is 3. The molecule has 3 aromatic heterocycles. The number of carbonyl (C=O) groups is 1. The van der Waals surface area contributed by atoms with E-state index in [1.165, 1.54) is 0 Å². The molecular weight excluding hydrogens is 424 g/mol. The van der Waals surface area contributed by atoms with E-state index in [0.29, 0.717) is 35.6 Å². The van der Waals surface area contributed by atoms with Crippen molar-refractivity contribution in [2.45, 2.75) is 19.5 Å². The van der Waals surface area contributed by atoms with Crippen LogP contribution in [0.25, 0.3) is 22.1 Å².